The second kappa shape index (κ2) is 7.44. The molecular weight excluding hydrogens is 292 g/mol. The molecule has 2 amide bonds. The Morgan fingerprint density at radius 1 is 1.41 bits per heavy atom. The molecule has 0 aromatic rings. The standard InChI is InChI=1S/C14H24N2O6/c1-14(2,3)22-13(20)16-11-9(15-12(11)19)6-5-8(17)7-10(18)21-4/h8-9,11,17H,5-7H2,1-4H3,(H,15,19)(H,16,20). The van der Waals surface area contributed by atoms with Gasteiger partial charge in [0.25, 0.3) is 0 Å². The molecule has 3 atom stereocenters. The summed E-state index contributed by atoms with van der Waals surface area (Å²) >= 11 is 0. The number of aliphatic hydroxyl groups excluding tert-OH is 1. The Kier molecular flexibility index (Phi) is 6.16. The minimum Gasteiger partial charge on any atom is -0.469 e. The summed E-state index contributed by atoms with van der Waals surface area (Å²) in [4.78, 5) is 34.2. The van der Waals surface area contributed by atoms with Gasteiger partial charge in [-0.3, -0.25) is 9.59 Å². The van der Waals surface area contributed by atoms with Crippen LogP contribution in [0, 0.1) is 0 Å². The molecule has 0 spiro atoms. The summed E-state index contributed by atoms with van der Waals surface area (Å²) in [6.07, 6.45) is -0.849. The number of rotatable bonds is 6. The summed E-state index contributed by atoms with van der Waals surface area (Å²) in [5.41, 5.74) is -0.642. The molecule has 8 nitrogen and oxygen atoms in total. The van der Waals surface area contributed by atoms with Gasteiger partial charge in [0.2, 0.25) is 5.91 Å². The average molecular weight is 316 g/mol. The second-order valence-electron chi connectivity index (χ2n) is 6.25. The van der Waals surface area contributed by atoms with Crippen LogP contribution in [0.1, 0.15) is 40.0 Å². The molecule has 126 valence electrons. The van der Waals surface area contributed by atoms with Crippen molar-refractivity contribution in [3.8, 4) is 0 Å². The van der Waals surface area contributed by atoms with Gasteiger partial charge in [-0.2, -0.15) is 0 Å². The van der Waals surface area contributed by atoms with Crippen LogP contribution in [0.15, 0.2) is 0 Å². The molecule has 1 heterocycles. The molecule has 1 aliphatic rings. The minimum atomic E-state index is -0.841. The van der Waals surface area contributed by atoms with Crippen LogP contribution in [-0.2, 0) is 19.1 Å². The van der Waals surface area contributed by atoms with Crippen LogP contribution >= 0.6 is 0 Å². The zero-order valence-corrected chi connectivity index (χ0v) is 13.3. The second-order valence-corrected chi connectivity index (χ2v) is 6.25. The van der Waals surface area contributed by atoms with Crippen molar-refractivity contribution in [1.29, 1.82) is 0 Å². The van der Waals surface area contributed by atoms with E-state index >= 15 is 0 Å². The lowest BCUT2D eigenvalue weighted by atomic mass is 9.92. The van der Waals surface area contributed by atoms with Gasteiger partial charge in [-0.15, -0.1) is 0 Å². The SMILES string of the molecule is COC(=O)CC(O)CCC1NC(=O)C1NC(=O)OC(C)(C)C. The van der Waals surface area contributed by atoms with Gasteiger partial charge in [0, 0.05) is 0 Å². The predicted octanol–water partition coefficient (Wildman–Crippen LogP) is 0.0823. The molecule has 0 radical (unpaired) electrons. The van der Waals surface area contributed by atoms with E-state index in [1.807, 2.05) is 0 Å². The lowest BCUT2D eigenvalue weighted by molar-refractivity contribution is -0.143. The Balaban J connectivity index is 2.37. The van der Waals surface area contributed by atoms with Gasteiger partial charge >= 0.3 is 12.1 Å². The third-order valence-corrected chi connectivity index (χ3v) is 3.13. The number of nitrogens with one attached hydrogen (secondary N) is 2. The maximum atomic E-state index is 11.7. The van der Waals surface area contributed by atoms with Crippen LogP contribution in [0.3, 0.4) is 0 Å². The van der Waals surface area contributed by atoms with Crippen LogP contribution in [-0.4, -0.2) is 54.0 Å². The number of β-lactam (4-membered cyclic amide) rings is 1. The van der Waals surface area contributed by atoms with E-state index in [-0.39, 0.29) is 18.4 Å². The van der Waals surface area contributed by atoms with Gasteiger partial charge in [-0.1, -0.05) is 0 Å². The first-order chi connectivity index (χ1) is 10.1. The van der Waals surface area contributed by atoms with E-state index < -0.39 is 29.8 Å². The summed E-state index contributed by atoms with van der Waals surface area (Å²) in [6.45, 7) is 5.19. The smallest absolute Gasteiger partial charge is 0.408 e. The molecule has 0 aliphatic carbocycles. The third-order valence-electron chi connectivity index (χ3n) is 3.13. The van der Waals surface area contributed by atoms with E-state index in [1.54, 1.807) is 20.8 Å². The molecular formula is C14H24N2O6. The number of hydrogen-bond acceptors (Lipinski definition) is 6. The van der Waals surface area contributed by atoms with Crippen molar-refractivity contribution in [2.45, 2.75) is 63.8 Å². The van der Waals surface area contributed by atoms with Crippen molar-refractivity contribution in [2.24, 2.45) is 0 Å². The largest absolute Gasteiger partial charge is 0.469 e. The van der Waals surface area contributed by atoms with Crippen molar-refractivity contribution in [3.05, 3.63) is 0 Å². The summed E-state index contributed by atoms with van der Waals surface area (Å²) in [6, 6.07) is -0.965. The summed E-state index contributed by atoms with van der Waals surface area (Å²) in [7, 11) is 1.25. The first kappa shape index (κ1) is 18.2. The number of amides is 2. The van der Waals surface area contributed by atoms with Crippen LogP contribution in [0.2, 0.25) is 0 Å². The van der Waals surface area contributed by atoms with Crippen molar-refractivity contribution in [1.82, 2.24) is 10.6 Å². The predicted molar refractivity (Wildman–Crippen MR) is 77.0 cm³/mol. The summed E-state index contributed by atoms with van der Waals surface area (Å²) in [5.74, 6) is -0.785. The van der Waals surface area contributed by atoms with Crippen LogP contribution in [0.5, 0.6) is 0 Å². The monoisotopic (exact) mass is 316 g/mol. The highest BCUT2D eigenvalue weighted by atomic mass is 16.6. The molecule has 1 saturated heterocycles. The molecule has 3 unspecified atom stereocenters. The Bertz CT molecular complexity index is 432. The first-order valence-electron chi connectivity index (χ1n) is 7.17. The van der Waals surface area contributed by atoms with Crippen LogP contribution < -0.4 is 10.6 Å². The van der Waals surface area contributed by atoms with E-state index in [0.29, 0.717) is 12.8 Å². The van der Waals surface area contributed by atoms with Gasteiger partial charge < -0.3 is 25.2 Å². The Morgan fingerprint density at radius 3 is 2.55 bits per heavy atom. The van der Waals surface area contributed by atoms with Crippen molar-refractivity contribution in [2.75, 3.05) is 7.11 Å². The fourth-order valence-corrected chi connectivity index (χ4v) is 2.03. The number of hydrogen-bond donors (Lipinski definition) is 3. The van der Waals surface area contributed by atoms with Gasteiger partial charge in [0.15, 0.2) is 0 Å². The maximum absolute atomic E-state index is 11.7. The number of aliphatic hydroxyl groups is 1. The van der Waals surface area contributed by atoms with E-state index in [4.69, 9.17) is 4.74 Å². The Morgan fingerprint density at radius 2 is 2.05 bits per heavy atom. The molecule has 1 fully saturated rings. The fraction of sp³-hybridized carbons (Fsp3) is 0.786. The van der Waals surface area contributed by atoms with Gasteiger partial charge in [-0.05, 0) is 33.6 Å². The quantitative estimate of drug-likeness (QED) is 0.472. The Hall–Kier alpha value is -1.83. The molecule has 0 bridgehead atoms. The normalized spacial score (nSPS) is 22.1. The van der Waals surface area contributed by atoms with E-state index in [9.17, 15) is 19.5 Å². The highest BCUT2D eigenvalue weighted by molar-refractivity contribution is 5.92. The topological polar surface area (TPSA) is 114 Å². The lowest BCUT2D eigenvalue weighted by Crippen LogP contribution is -2.69. The van der Waals surface area contributed by atoms with Crippen LogP contribution in [0.25, 0.3) is 0 Å². The highest BCUT2D eigenvalue weighted by Gasteiger charge is 2.41. The molecule has 0 aromatic carbocycles. The molecule has 1 aliphatic heterocycles. The van der Waals surface area contributed by atoms with E-state index in [1.165, 1.54) is 7.11 Å². The number of esters is 1. The van der Waals surface area contributed by atoms with Crippen molar-refractivity contribution < 1.29 is 29.0 Å². The number of carbonyl (C=O) groups is 3. The number of methoxy groups -OCH3 is 1. The van der Waals surface area contributed by atoms with Crippen molar-refractivity contribution >= 4 is 18.0 Å². The lowest BCUT2D eigenvalue weighted by Gasteiger charge is -2.37. The Labute approximate surface area is 129 Å². The first-order valence-corrected chi connectivity index (χ1v) is 7.17. The van der Waals surface area contributed by atoms with Gasteiger partial charge in [-0.25, -0.2) is 4.79 Å². The average Bonchev–Trinajstić information content (AvgIpc) is 2.38. The van der Waals surface area contributed by atoms with Crippen LogP contribution in [0.4, 0.5) is 4.79 Å². The maximum Gasteiger partial charge on any atom is 0.408 e. The van der Waals surface area contributed by atoms with E-state index in [2.05, 4.69) is 15.4 Å². The molecule has 0 aromatic heterocycles. The molecule has 22 heavy (non-hydrogen) atoms. The number of ether oxygens (including phenoxy) is 2. The molecule has 3 N–H and O–H groups in total. The van der Waals surface area contributed by atoms with Gasteiger partial charge in [0.05, 0.1) is 25.7 Å². The highest BCUT2D eigenvalue weighted by Crippen LogP contribution is 2.16. The van der Waals surface area contributed by atoms with Crippen molar-refractivity contribution in [3.63, 3.8) is 0 Å². The number of carbonyl (C=O) groups excluding carboxylic acids is 3. The zero-order chi connectivity index (χ0) is 16.9. The molecule has 1 rings (SSSR count). The summed E-state index contributed by atoms with van der Waals surface area (Å²) < 4.78 is 9.56. The zero-order valence-electron chi connectivity index (χ0n) is 13.3. The van der Waals surface area contributed by atoms with E-state index in [0.717, 1.165) is 0 Å². The molecule has 8 heteroatoms. The number of alkyl carbamates (subject to hydrolysis) is 1. The minimum absolute atomic E-state index is 0.0959. The third kappa shape index (κ3) is 5.88. The summed E-state index contributed by atoms with van der Waals surface area (Å²) in [5, 5.41) is 14.8. The fourth-order valence-electron chi connectivity index (χ4n) is 2.03. The molecule has 0 saturated carbocycles. The van der Waals surface area contributed by atoms with Gasteiger partial charge in [0.1, 0.15) is 11.6 Å².